The monoisotopic (exact) mass is 420 g/mol. The van der Waals surface area contributed by atoms with E-state index in [9.17, 15) is 8.42 Å². The van der Waals surface area contributed by atoms with Crippen molar-refractivity contribution >= 4 is 15.8 Å². The maximum Gasteiger partial charge on any atom is 0.243 e. The number of anilines is 1. The van der Waals surface area contributed by atoms with E-state index in [1.807, 2.05) is 4.90 Å². The number of fused-ring (bicyclic) bond motifs is 1. The Kier molecular flexibility index (Phi) is 5.46. The first kappa shape index (κ1) is 19.7. The Morgan fingerprint density at radius 2 is 1.72 bits per heavy atom. The van der Waals surface area contributed by atoms with Crippen molar-refractivity contribution in [3.8, 4) is 17.4 Å². The normalized spacial score (nSPS) is 17.7. The van der Waals surface area contributed by atoms with Gasteiger partial charge in [0.1, 0.15) is 11.6 Å². The predicted octanol–water partition coefficient (Wildman–Crippen LogP) is 1.47. The summed E-state index contributed by atoms with van der Waals surface area (Å²) in [5.74, 6) is 2.91. The average molecular weight is 420 g/mol. The zero-order chi connectivity index (χ0) is 20.4. The van der Waals surface area contributed by atoms with Crippen LogP contribution in [0.25, 0.3) is 0 Å². The standard InChI is InChI=1S/C19H24N4O5S/c1-14-20-18(13-19(21-14)26-2)22-6-8-23(9-7-22)29(24,25)15-4-5-16-17(12-15)28-11-3-10-27-16/h4-5,12-13H,3,6-11H2,1-2H3. The van der Waals surface area contributed by atoms with Crippen LogP contribution in [-0.2, 0) is 10.0 Å². The van der Waals surface area contributed by atoms with Crippen molar-refractivity contribution in [1.29, 1.82) is 0 Å². The summed E-state index contributed by atoms with van der Waals surface area (Å²) >= 11 is 0. The molecular formula is C19H24N4O5S. The fraction of sp³-hybridized carbons (Fsp3) is 0.474. The lowest BCUT2D eigenvalue weighted by molar-refractivity contribution is 0.296. The number of ether oxygens (including phenoxy) is 3. The van der Waals surface area contributed by atoms with E-state index in [-0.39, 0.29) is 4.90 Å². The van der Waals surface area contributed by atoms with Crippen molar-refractivity contribution < 1.29 is 22.6 Å². The Morgan fingerprint density at radius 3 is 2.45 bits per heavy atom. The van der Waals surface area contributed by atoms with Crippen molar-refractivity contribution in [1.82, 2.24) is 14.3 Å². The van der Waals surface area contributed by atoms with Gasteiger partial charge in [0.15, 0.2) is 11.5 Å². The molecule has 3 heterocycles. The fourth-order valence-electron chi connectivity index (χ4n) is 3.40. The summed E-state index contributed by atoms with van der Waals surface area (Å²) in [5, 5.41) is 0. The molecule has 2 aromatic rings. The second kappa shape index (κ2) is 8.03. The Hall–Kier alpha value is -2.59. The molecule has 0 saturated carbocycles. The molecule has 0 bridgehead atoms. The highest BCUT2D eigenvalue weighted by Gasteiger charge is 2.30. The minimum Gasteiger partial charge on any atom is -0.490 e. The third-order valence-electron chi connectivity index (χ3n) is 4.93. The average Bonchev–Trinajstić information content (AvgIpc) is 2.98. The summed E-state index contributed by atoms with van der Waals surface area (Å²) in [5.41, 5.74) is 0. The Labute approximate surface area is 170 Å². The number of benzene rings is 1. The molecule has 1 aromatic carbocycles. The molecular weight excluding hydrogens is 396 g/mol. The molecule has 10 heteroatoms. The summed E-state index contributed by atoms with van der Waals surface area (Å²) in [4.78, 5) is 10.9. The summed E-state index contributed by atoms with van der Waals surface area (Å²) in [6.45, 7) is 4.67. The molecule has 2 aliphatic rings. The maximum absolute atomic E-state index is 13.1. The summed E-state index contributed by atoms with van der Waals surface area (Å²) in [6.07, 6.45) is 0.770. The third kappa shape index (κ3) is 4.08. The highest BCUT2D eigenvalue weighted by Crippen LogP contribution is 2.33. The summed E-state index contributed by atoms with van der Waals surface area (Å²) < 4.78 is 44.2. The maximum atomic E-state index is 13.1. The van der Waals surface area contributed by atoms with Crippen molar-refractivity contribution in [2.45, 2.75) is 18.2 Å². The largest absolute Gasteiger partial charge is 0.490 e. The number of aryl methyl sites for hydroxylation is 1. The summed E-state index contributed by atoms with van der Waals surface area (Å²) in [6, 6.07) is 6.57. The van der Waals surface area contributed by atoms with Crippen LogP contribution in [0.4, 0.5) is 5.82 Å². The Morgan fingerprint density at radius 1 is 1.00 bits per heavy atom. The van der Waals surface area contributed by atoms with Gasteiger partial charge in [-0.25, -0.2) is 13.4 Å². The van der Waals surface area contributed by atoms with Gasteiger partial charge in [-0.1, -0.05) is 0 Å². The zero-order valence-electron chi connectivity index (χ0n) is 16.5. The first-order chi connectivity index (χ1) is 14.0. The van der Waals surface area contributed by atoms with Crippen LogP contribution in [0.1, 0.15) is 12.2 Å². The molecule has 0 radical (unpaired) electrons. The van der Waals surface area contributed by atoms with Crippen LogP contribution in [0, 0.1) is 6.92 Å². The molecule has 0 spiro atoms. The van der Waals surface area contributed by atoms with E-state index < -0.39 is 10.0 Å². The van der Waals surface area contributed by atoms with Crippen molar-refractivity contribution in [3.05, 3.63) is 30.1 Å². The van der Waals surface area contributed by atoms with Crippen LogP contribution in [0.2, 0.25) is 0 Å². The van der Waals surface area contributed by atoms with Gasteiger partial charge in [0.05, 0.1) is 25.2 Å². The van der Waals surface area contributed by atoms with Gasteiger partial charge in [-0.2, -0.15) is 9.29 Å². The van der Waals surface area contributed by atoms with E-state index in [1.165, 1.54) is 4.31 Å². The minimum atomic E-state index is -3.62. The second-order valence-corrected chi connectivity index (χ2v) is 8.80. The van der Waals surface area contributed by atoms with Crippen LogP contribution in [0.3, 0.4) is 0 Å². The van der Waals surface area contributed by atoms with Gasteiger partial charge in [0.2, 0.25) is 15.9 Å². The smallest absolute Gasteiger partial charge is 0.243 e. The van der Waals surface area contributed by atoms with Gasteiger partial charge in [0.25, 0.3) is 0 Å². The van der Waals surface area contributed by atoms with E-state index in [1.54, 1.807) is 38.3 Å². The molecule has 0 atom stereocenters. The van der Waals surface area contributed by atoms with Gasteiger partial charge in [-0.3, -0.25) is 0 Å². The van der Waals surface area contributed by atoms with Gasteiger partial charge in [-0.05, 0) is 19.1 Å². The van der Waals surface area contributed by atoms with Gasteiger partial charge < -0.3 is 19.1 Å². The first-order valence-corrected chi connectivity index (χ1v) is 11.0. The lowest BCUT2D eigenvalue weighted by Crippen LogP contribution is -2.49. The van der Waals surface area contributed by atoms with Crippen molar-refractivity contribution in [3.63, 3.8) is 0 Å². The Bertz CT molecular complexity index is 990. The lowest BCUT2D eigenvalue weighted by Gasteiger charge is -2.34. The second-order valence-electron chi connectivity index (χ2n) is 6.87. The topological polar surface area (TPSA) is 94.1 Å². The highest BCUT2D eigenvalue weighted by molar-refractivity contribution is 7.89. The molecule has 156 valence electrons. The zero-order valence-corrected chi connectivity index (χ0v) is 17.3. The van der Waals surface area contributed by atoms with E-state index in [0.29, 0.717) is 62.6 Å². The van der Waals surface area contributed by atoms with Crippen LogP contribution in [0.15, 0.2) is 29.2 Å². The predicted molar refractivity (Wildman–Crippen MR) is 106 cm³/mol. The van der Waals surface area contributed by atoms with Crippen molar-refractivity contribution in [2.24, 2.45) is 0 Å². The molecule has 1 aromatic heterocycles. The first-order valence-electron chi connectivity index (χ1n) is 9.52. The molecule has 0 aliphatic carbocycles. The van der Waals surface area contributed by atoms with Gasteiger partial charge in [0, 0.05) is 44.7 Å². The number of hydrogen-bond donors (Lipinski definition) is 0. The number of aromatic nitrogens is 2. The van der Waals surface area contributed by atoms with E-state index in [2.05, 4.69) is 9.97 Å². The van der Waals surface area contributed by atoms with Crippen LogP contribution in [-0.4, -0.2) is 69.2 Å². The molecule has 0 amide bonds. The molecule has 1 saturated heterocycles. The van der Waals surface area contributed by atoms with Crippen LogP contribution in [0.5, 0.6) is 17.4 Å². The summed E-state index contributed by atoms with van der Waals surface area (Å²) in [7, 11) is -2.06. The lowest BCUT2D eigenvalue weighted by atomic mass is 10.3. The van der Waals surface area contributed by atoms with Crippen LogP contribution < -0.4 is 19.1 Å². The molecule has 9 nitrogen and oxygen atoms in total. The third-order valence-corrected chi connectivity index (χ3v) is 6.82. The highest BCUT2D eigenvalue weighted by atomic mass is 32.2. The van der Waals surface area contributed by atoms with Crippen LogP contribution >= 0.6 is 0 Å². The van der Waals surface area contributed by atoms with E-state index in [0.717, 1.165) is 12.2 Å². The fourth-order valence-corrected chi connectivity index (χ4v) is 4.84. The molecule has 1 fully saturated rings. The molecule has 29 heavy (non-hydrogen) atoms. The molecule has 0 N–H and O–H groups in total. The molecule has 2 aliphatic heterocycles. The number of piperazine rings is 1. The van der Waals surface area contributed by atoms with E-state index >= 15 is 0 Å². The van der Waals surface area contributed by atoms with E-state index in [4.69, 9.17) is 14.2 Å². The quantitative estimate of drug-likeness (QED) is 0.734. The SMILES string of the molecule is COc1cc(N2CCN(S(=O)(=O)c3ccc4c(c3)OCCCO4)CC2)nc(C)n1. The van der Waals surface area contributed by atoms with Gasteiger partial charge >= 0.3 is 0 Å². The minimum absolute atomic E-state index is 0.217. The Balaban J connectivity index is 1.49. The molecule has 0 unspecified atom stereocenters. The van der Waals surface area contributed by atoms with Gasteiger partial charge in [-0.15, -0.1) is 0 Å². The van der Waals surface area contributed by atoms with Crippen molar-refractivity contribution in [2.75, 3.05) is 51.4 Å². The number of rotatable bonds is 4. The number of methoxy groups -OCH3 is 1. The number of hydrogen-bond acceptors (Lipinski definition) is 8. The number of nitrogens with zero attached hydrogens (tertiary/aromatic N) is 4. The molecule has 4 rings (SSSR count). The number of sulfonamides is 1.